The van der Waals surface area contributed by atoms with Gasteiger partial charge in [-0.05, 0) is 31.0 Å². The topological polar surface area (TPSA) is 42.7 Å². The lowest BCUT2D eigenvalue weighted by molar-refractivity contribution is 0.389. The van der Waals surface area contributed by atoms with Crippen LogP contribution in [0.3, 0.4) is 0 Å². The van der Waals surface area contributed by atoms with Crippen LogP contribution in [0.5, 0.6) is 0 Å². The summed E-state index contributed by atoms with van der Waals surface area (Å²) >= 11 is 0. The first-order valence-corrected chi connectivity index (χ1v) is 8.08. The molecule has 21 heavy (non-hydrogen) atoms. The van der Waals surface area contributed by atoms with Crippen molar-refractivity contribution in [1.29, 1.82) is 0 Å². The molecule has 1 heterocycles. The second-order valence-electron chi connectivity index (χ2n) is 5.90. The highest BCUT2D eigenvalue weighted by Crippen LogP contribution is 2.33. The van der Waals surface area contributed by atoms with Crippen LogP contribution >= 0.6 is 0 Å². The molecule has 0 amide bonds. The predicted molar refractivity (Wildman–Crippen MR) is 84.4 cm³/mol. The summed E-state index contributed by atoms with van der Waals surface area (Å²) in [4.78, 5) is 0. The van der Waals surface area contributed by atoms with Crippen LogP contribution in [0, 0.1) is 5.92 Å². The minimum absolute atomic E-state index is 0.341. The van der Waals surface area contributed by atoms with E-state index in [4.69, 9.17) is 0 Å². The van der Waals surface area contributed by atoms with Gasteiger partial charge in [0.2, 0.25) is 0 Å². The molecule has 1 unspecified atom stereocenters. The number of hydrogen-bond donors (Lipinski definition) is 1. The zero-order chi connectivity index (χ0) is 14.5. The molecule has 4 heteroatoms. The lowest BCUT2D eigenvalue weighted by atomic mass is 9.96. The number of para-hydroxylation sites is 1. The van der Waals surface area contributed by atoms with Crippen LogP contribution in [0.15, 0.2) is 36.5 Å². The third kappa shape index (κ3) is 3.32. The highest BCUT2D eigenvalue weighted by Gasteiger charge is 2.23. The molecular formula is C17H24N4. The number of rotatable bonds is 6. The molecule has 1 aliphatic rings. The Labute approximate surface area is 126 Å². The monoisotopic (exact) mass is 284 g/mol. The first-order chi connectivity index (χ1) is 10.4. The molecule has 1 aromatic heterocycles. The maximum Gasteiger partial charge on any atom is 0.0815 e. The standard InChI is InChI=1S/C17H24N4/c1-2-18-16(12-14-8-6-7-9-14)17-13-19-20-21(17)15-10-4-3-5-11-15/h3-5,10-11,13-14,16,18H,2,6-9,12H2,1H3. The molecule has 112 valence electrons. The van der Waals surface area contributed by atoms with Gasteiger partial charge in [-0.2, -0.15) is 0 Å². The van der Waals surface area contributed by atoms with Gasteiger partial charge in [-0.15, -0.1) is 5.10 Å². The minimum atomic E-state index is 0.341. The van der Waals surface area contributed by atoms with E-state index in [-0.39, 0.29) is 0 Å². The van der Waals surface area contributed by atoms with Crippen LogP contribution in [0.25, 0.3) is 5.69 Å². The lowest BCUT2D eigenvalue weighted by Crippen LogP contribution is -2.25. The summed E-state index contributed by atoms with van der Waals surface area (Å²) in [6, 6.07) is 10.6. The van der Waals surface area contributed by atoms with Gasteiger partial charge in [0.15, 0.2) is 0 Å². The molecule has 1 aliphatic carbocycles. The van der Waals surface area contributed by atoms with Gasteiger partial charge in [-0.1, -0.05) is 56.0 Å². The molecule has 1 fully saturated rings. The van der Waals surface area contributed by atoms with Gasteiger partial charge >= 0.3 is 0 Å². The summed E-state index contributed by atoms with van der Waals surface area (Å²) in [5.74, 6) is 0.841. The zero-order valence-electron chi connectivity index (χ0n) is 12.7. The Bertz CT molecular complexity index is 543. The fourth-order valence-corrected chi connectivity index (χ4v) is 3.38. The van der Waals surface area contributed by atoms with Crippen molar-refractivity contribution in [3.05, 3.63) is 42.2 Å². The molecule has 0 radical (unpaired) electrons. The largest absolute Gasteiger partial charge is 0.309 e. The van der Waals surface area contributed by atoms with E-state index >= 15 is 0 Å². The van der Waals surface area contributed by atoms with Gasteiger partial charge in [0.25, 0.3) is 0 Å². The Morgan fingerprint density at radius 2 is 2.00 bits per heavy atom. The van der Waals surface area contributed by atoms with Gasteiger partial charge in [-0.3, -0.25) is 0 Å². The molecule has 1 N–H and O–H groups in total. The molecule has 0 bridgehead atoms. The number of aromatic nitrogens is 3. The van der Waals surface area contributed by atoms with Crippen molar-refractivity contribution in [1.82, 2.24) is 20.3 Å². The molecule has 4 nitrogen and oxygen atoms in total. The molecule has 1 atom stereocenters. The van der Waals surface area contributed by atoms with Gasteiger partial charge < -0.3 is 5.32 Å². The van der Waals surface area contributed by atoms with Crippen LogP contribution < -0.4 is 5.32 Å². The molecule has 0 spiro atoms. The van der Waals surface area contributed by atoms with Gasteiger partial charge in [0.05, 0.1) is 23.6 Å². The average molecular weight is 284 g/mol. The van der Waals surface area contributed by atoms with E-state index in [0.29, 0.717) is 6.04 Å². The third-order valence-corrected chi connectivity index (χ3v) is 4.43. The van der Waals surface area contributed by atoms with Crippen molar-refractivity contribution in [3.63, 3.8) is 0 Å². The van der Waals surface area contributed by atoms with E-state index in [1.165, 1.54) is 37.8 Å². The molecule has 3 rings (SSSR count). The maximum atomic E-state index is 4.29. The zero-order valence-corrected chi connectivity index (χ0v) is 12.7. The molecular weight excluding hydrogens is 260 g/mol. The number of nitrogens with zero attached hydrogens (tertiary/aromatic N) is 3. The van der Waals surface area contributed by atoms with Gasteiger partial charge in [-0.25, -0.2) is 4.68 Å². The van der Waals surface area contributed by atoms with E-state index in [1.54, 1.807) is 0 Å². The molecule has 1 saturated carbocycles. The molecule has 2 aromatic rings. The highest BCUT2D eigenvalue weighted by atomic mass is 15.4. The highest BCUT2D eigenvalue weighted by molar-refractivity contribution is 5.32. The van der Waals surface area contributed by atoms with Gasteiger partial charge in [0, 0.05) is 0 Å². The van der Waals surface area contributed by atoms with E-state index < -0.39 is 0 Å². The predicted octanol–water partition coefficient (Wildman–Crippen LogP) is 3.50. The Kier molecular flexibility index (Phi) is 4.65. The summed E-state index contributed by atoms with van der Waals surface area (Å²) in [6.07, 6.45) is 8.62. The van der Waals surface area contributed by atoms with Crippen molar-refractivity contribution in [2.24, 2.45) is 5.92 Å². The minimum Gasteiger partial charge on any atom is -0.309 e. The normalized spacial score (nSPS) is 17.2. The molecule has 0 saturated heterocycles. The Morgan fingerprint density at radius 3 is 2.71 bits per heavy atom. The maximum absolute atomic E-state index is 4.29. The first-order valence-electron chi connectivity index (χ1n) is 8.08. The van der Waals surface area contributed by atoms with Crippen LogP contribution in [0.1, 0.15) is 50.8 Å². The first kappa shape index (κ1) is 14.3. The van der Waals surface area contributed by atoms with E-state index in [0.717, 1.165) is 18.2 Å². The average Bonchev–Trinajstić information content (AvgIpc) is 3.19. The summed E-state index contributed by atoms with van der Waals surface area (Å²) in [5.41, 5.74) is 2.26. The Balaban J connectivity index is 1.84. The van der Waals surface area contributed by atoms with Crippen molar-refractivity contribution >= 4 is 0 Å². The number of hydrogen-bond acceptors (Lipinski definition) is 3. The summed E-state index contributed by atoms with van der Waals surface area (Å²) in [5, 5.41) is 12.1. The fraction of sp³-hybridized carbons (Fsp3) is 0.529. The summed E-state index contributed by atoms with van der Waals surface area (Å²) in [7, 11) is 0. The second-order valence-corrected chi connectivity index (χ2v) is 5.90. The SMILES string of the molecule is CCNC(CC1CCCC1)c1cnnn1-c1ccccc1. The summed E-state index contributed by atoms with van der Waals surface area (Å²) in [6.45, 7) is 3.13. The van der Waals surface area contributed by atoms with Crippen molar-refractivity contribution in [2.45, 2.75) is 45.1 Å². The Morgan fingerprint density at radius 1 is 1.24 bits per heavy atom. The van der Waals surface area contributed by atoms with Crippen molar-refractivity contribution in [3.8, 4) is 5.69 Å². The smallest absolute Gasteiger partial charge is 0.0815 e. The van der Waals surface area contributed by atoms with E-state index in [2.05, 4.69) is 34.7 Å². The summed E-state index contributed by atoms with van der Waals surface area (Å²) < 4.78 is 1.97. The van der Waals surface area contributed by atoms with Crippen molar-refractivity contribution in [2.75, 3.05) is 6.54 Å². The Hall–Kier alpha value is -1.68. The van der Waals surface area contributed by atoms with Gasteiger partial charge in [0.1, 0.15) is 0 Å². The second kappa shape index (κ2) is 6.85. The molecule has 0 aliphatic heterocycles. The fourth-order valence-electron chi connectivity index (χ4n) is 3.38. The van der Waals surface area contributed by atoms with E-state index in [1.807, 2.05) is 29.1 Å². The quantitative estimate of drug-likeness (QED) is 0.883. The molecule has 1 aromatic carbocycles. The van der Waals surface area contributed by atoms with Crippen LogP contribution in [-0.4, -0.2) is 21.5 Å². The lowest BCUT2D eigenvalue weighted by Gasteiger charge is -2.22. The third-order valence-electron chi connectivity index (χ3n) is 4.43. The number of benzene rings is 1. The van der Waals surface area contributed by atoms with Crippen LogP contribution in [0.2, 0.25) is 0 Å². The number of nitrogens with one attached hydrogen (secondary N) is 1. The van der Waals surface area contributed by atoms with E-state index in [9.17, 15) is 0 Å². The van der Waals surface area contributed by atoms with Crippen molar-refractivity contribution < 1.29 is 0 Å². The van der Waals surface area contributed by atoms with Crippen LogP contribution in [-0.2, 0) is 0 Å². The van der Waals surface area contributed by atoms with Crippen LogP contribution in [0.4, 0.5) is 0 Å².